The van der Waals surface area contributed by atoms with E-state index in [2.05, 4.69) is 5.32 Å². The lowest BCUT2D eigenvalue weighted by Crippen LogP contribution is -2.52. The van der Waals surface area contributed by atoms with Crippen molar-refractivity contribution in [2.75, 3.05) is 10.2 Å². The first-order valence-electron chi connectivity index (χ1n) is 9.36. The van der Waals surface area contributed by atoms with Crippen molar-refractivity contribution in [1.82, 2.24) is 0 Å². The largest absolute Gasteiger partial charge is 0.479 e. The van der Waals surface area contributed by atoms with E-state index in [-0.39, 0.29) is 23.1 Å². The lowest BCUT2D eigenvalue weighted by molar-refractivity contribution is -0.128. The van der Waals surface area contributed by atoms with Gasteiger partial charge in [0.2, 0.25) is 5.91 Å². The molecule has 7 heteroatoms. The maximum atomic E-state index is 13.0. The number of aromatic carboxylic acids is 1. The molecule has 2 aromatic carbocycles. The summed E-state index contributed by atoms with van der Waals surface area (Å²) in [5.41, 5.74) is 4.13. The molecule has 0 aliphatic carbocycles. The van der Waals surface area contributed by atoms with E-state index in [0.717, 1.165) is 22.4 Å². The maximum Gasteiger partial charge on any atom is 0.335 e. The Morgan fingerprint density at radius 3 is 2.34 bits per heavy atom. The molecule has 29 heavy (non-hydrogen) atoms. The normalized spacial score (nSPS) is 16.7. The van der Waals surface area contributed by atoms with Gasteiger partial charge in [-0.1, -0.05) is 17.7 Å². The molecule has 2 N–H and O–H groups in total. The van der Waals surface area contributed by atoms with Gasteiger partial charge in [0.25, 0.3) is 5.91 Å². The number of aryl methyl sites for hydroxylation is 3. The highest BCUT2D eigenvalue weighted by Crippen LogP contribution is 2.36. The Labute approximate surface area is 169 Å². The Bertz CT molecular complexity index is 991. The molecule has 0 radical (unpaired) electrons. The molecule has 0 saturated heterocycles. The lowest BCUT2D eigenvalue weighted by Gasteiger charge is -2.36. The van der Waals surface area contributed by atoms with Crippen LogP contribution in [0, 0.1) is 20.8 Å². The molecule has 2 atom stereocenters. The summed E-state index contributed by atoms with van der Waals surface area (Å²) in [6.45, 7) is 9.05. The van der Waals surface area contributed by atoms with Crippen molar-refractivity contribution in [2.24, 2.45) is 0 Å². The lowest BCUT2D eigenvalue weighted by atomic mass is 10.0. The number of rotatable bonds is 4. The first kappa shape index (κ1) is 20.4. The fraction of sp³-hybridized carbons (Fsp3) is 0.318. The number of carboxylic acids is 1. The van der Waals surface area contributed by atoms with Crippen molar-refractivity contribution < 1.29 is 24.2 Å². The summed E-state index contributed by atoms with van der Waals surface area (Å²) in [6.07, 6.45) is -0.829. The minimum atomic E-state index is -1.09. The van der Waals surface area contributed by atoms with E-state index < -0.39 is 18.1 Å². The topological polar surface area (TPSA) is 95.9 Å². The summed E-state index contributed by atoms with van der Waals surface area (Å²) in [5, 5.41) is 12.1. The van der Waals surface area contributed by atoms with Crippen LogP contribution in [0.5, 0.6) is 5.75 Å². The van der Waals surface area contributed by atoms with Gasteiger partial charge in [-0.05, 0) is 63.9 Å². The average Bonchev–Trinajstić information content (AvgIpc) is 2.64. The summed E-state index contributed by atoms with van der Waals surface area (Å²) in [7, 11) is 0. The van der Waals surface area contributed by atoms with Crippen molar-refractivity contribution in [3.05, 3.63) is 52.6 Å². The predicted octanol–water partition coefficient (Wildman–Crippen LogP) is 3.45. The molecule has 2 amide bonds. The van der Waals surface area contributed by atoms with Gasteiger partial charge in [0.15, 0.2) is 6.10 Å². The number of carboxylic acid groups (broad SMARTS) is 1. The number of carbonyl (C=O) groups is 3. The summed E-state index contributed by atoms with van der Waals surface area (Å²) in [4.78, 5) is 38.4. The second-order valence-electron chi connectivity index (χ2n) is 7.39. The minimum absolute atomic E-state index is 0.0493. The van der Waals surface area contributed by atoms with E-state index in [9.17, 15) is 19.5 Å². The average molecular weight is 396 g/mol. The van der Waals surface area contributed by atoms with Crippen molar-refractivity contribution in [3.63, 3.8) is 0 Å². The fourth-order valence-electron chi connectivity index (χ4n) is 3.62. The van der Waals surface area contributed by atoms with Crippen LogP contribution in [0.4, 0.5) is 11.4 Å². The summed E-state index contributed by atoms with van der Waals surface area (Å²) >= 11 is 0. The van der Waals surface area contributed by atoms with Crippen LogP contribution in [0.3, 0.4) is 0 Å². The van der Waals surface area contributed by atoms with Crippen LogP contribution in [0.2, 0.25) is 0 Å². The number of fused-ring (bicyclic) bond motifs is 1. The molecule has 3 rings (SSSR count). The van der Waals surface area contributed by atoms with Gasteiger partial charge in [-0.15, -0.1) is 0 Å². The predicted molar refractivity (Wildman–Crippen MR) is 110 cm³/mol. The zero-order chi connectivity index (χ0) is 21.5. The van der Waals surface area contributed by atoms with Gasteiger partial charge in [-0.2, -0.15) is 0 Å². The standard InChI is InChI=1S/C22H24N2O5/c1-11-8-12(2)19(13(3)9-11)23-20(25)14(4)24-17-7-6-16(22(27)28)10-18(17)29-15(5)21(24)26/h6-10,14-15H,1-5H3,(H,23,25)(H,27,28). The summed E-state index contributed by atoms with van der Waals surface area (Å²) < 4.78 is 5.58. The molecule has 0 spiro atoms. The Kier molecular flexibility index (Phi) is 5.33. The van der Waals surface area contributed by atoms with E-state index >= 15 is 0 Å². The SMILES string of the molecule is Cc1cc(C)c(NC(=O)C(C)N2C(=O)C(C)Oc3cc(C(=O)O)ccc32)c(C)c1. The molecule has 1 heterocycles. The molecule has 1 aliphatic heterocycles. The van der Waals surface area contributed by atoms with Crippen molar-refractivity contribution in [2.45, 2.75) is 46.8 Å². The molecule has 0 bridgehead atoms. The van der Waals surface area contributed by atoms with Crippen molar-refractivity contribution in [3.8, 4) is 5.75 Å². The van der Waals surface area contributed by atoms with Gasteiger partial charge in [0.1, 0.15) is 11.8 Å². The van der Waals surface area contributed by atoms with Crippen molar-refractivity contribution in [1.29, 1.82) is 0 Å². The highest BCUT2D eigenvalue weighted by molar-refractivity contribution is 6.08. The second kappa shape index (κ2) is 7.58. The van der Waals surface area contributed by atoms with E-state index in [1.165, 1.54) is 23.1 Å². The Morgan fingerprint density at radius 2 is 1.76 bits per heavy atom. The quantitative estimate of drug-likeness (QED) is 0.825. The van der Waals surface area contributed by atoms with Crippen LogP contribution in [-0.4, -0.2) is 35.0 Å². The number of ether oxygens (including phenoxy) is 1. The van der Waals surface area contributed by atoms with Gasteiger partial charge in [-0.3, -0.25) is 14.5 Å². The molecule has 0 saturated carbocycles. The van der Waals surface area contributed by atoms with E-state index in [4.69, 9.17) is 4.74 Å². The number of amides is 2. The molecule has 152 valence electrons. The van der Waals surface area contributed by atoms with Crippen LogP contribution in [0.15, 0.2) is 30.3 Å². The van der Waals surface area contributed by atoms with E-state index in [1.54, 1.807) is 13.8 Å². The first-order valence-corrected chi connectivity index (χ1v) is 9.36. The van der Waals surface area contributed by atoms with Gasteiger partial charge in [0.05, 0.1) is 11.3 Å². The number of nitrogens with one attached hydrogen (secondary N) is 1. The number of carbonyl (C=O) groups excluding carboxylic acids is 2. The van der Waals surface area contributed by atoms with Crippen LogP contribution in [-0.2, 0) is 9.59 Å². The molecular formula is C22H24N2O5. The second-order valence-corrected chi connectivity index (χ2v) is 7.39. The molecule has 2 aromatic rings. The zero-order valence-corrected chi connectivity index (χ0v) is 17.1. The first-order chi connectivity index (χ1) is 13.6. The van der Waals surface area contributed by atoms with Crippen LogP contribution < -0.4 is 15.0 Å². The molecule has 0 aromatic heterocycles. The third kappa shape index (κ3) is 3.81. The molecule has 1 aliphatic rings. The highest BCUT2D eigenvalue weighted by atomic mass is 16.5. The Morgan fingerprint density at radius 1 is 1.14 bits per heavy atom. The number of benzene rings is 2. The molecular weight excluding hydrogens is 372 g/mol. The summed E-state index contributed by atoms with van der Waals surface area (Å²) in [6, 6.07) is 7.40. The third-order valence-corrected chi connectivity index (χ3v) is 5.05. The number of hydrogen-bond donors (Lipinski definition) is 2. The maximum absolute atomic E-state index is 13.0. The number of hydrogen-bond acceptors (Lipinski definition) is 4. The van der Waals surface area contributed by atoms with Gasteiger partial charge in [0, 0.05) is 5.69 Å². The van der Waals surface area contributed by atoms with Crippen LogP contribution in [0.1, 0.15) is 40.9 Å². The Hall–Kier alpha value is -3.35. The smallest absolute Gasteiger partial charge is 0.335 e. The number of nitrogens with zero attached hydrogens (tertiary/aromatic N) is 1. The van der Waals surface area contributed by atoms with E-state index in [0.29, 0.717) is 5.69 Å². The summed E-state index contributed by atoms with van der Waals surface area (Å²) in [5.74, 6) is -1.53. The molecule has 2 unspecified atom stereocenters. The van der Waals surface area contributed by atoms with Crippen molar-refractivity contribution >= 4 is 29.2 Å². The monoisotopic (exact) mass is 396 g/mol. The van der Waals surface area contributed by atoms with Gasteiger partial charge in [-0.25, -0.2) is 4.79 Å². The zero-order valence-electron chi connectivity index (χ0n) is 17.1. The molecule has 0 fully saturated rings. The van der Waals surface area contributed by atoms with Crippen LogP contribution >= 0.6 is 0 Å². The van der Waals surface area contributed by atoms with E-state index in [1.807, 2.05) is 32.9 Å². The van der Waals surface area contributed by atoms with Gasteiger partial charge >= 0.3 is 5.97 Å². The number of anilines is 2. The van der Waals surface area contributed by atoms with Crippen LogP contribution in [0.25, 0.3) is 0 Å². The minimum Gasteiger partial charge on any atom is -0.479 e. The fourth-order valence-corrected chi connectivity index (χ4v) is 3.62. The van der Waals surface area contributed by atoms with Gasteiger partial charge < -0.3 is 15.2 Å². The highest BCUT2D eigenvalue weighted by Gasteiger charge is 2.37. The Balaban J connectivity index is 1.94. The third-order valence-electron chi connectivity index (χ3n) is 5.05. The molecule has 7 nitrogen and oxygen atoms in total.